The van der Waals surface area contributed by atoms with Crippen molar-refractivity contribution in [3.05, 3.63) is 83.4 Å². The normalized spacial score (nSPS) is 11.2. The third-order valence-electron chi connectivity index (χ3n) is 4.35. The lowest BCUT2D eigenvalue weighted by atomic mass is 10.1. The molecule has 4 rings (SSSR count). The molecular formula is C21H16F2N2O. The SMILES string of the molecule is O=C(Cc1ccc2c(c1)[nH]c1ccccc12)NCc1cc(F)cc(F)c1. The average Bonchev–Trinajstić information content (AvgIpc) is 2.97. The number of aromatic nitrogens is 1. The summed E-state index contributed by atoms with van der Waals surface area (Å²) in [4.78, 5) is 15.5. The Hall–Kier alpha value is -3.21. The van der Waals surface area contributed by atoms with E-state index in [4.69, 9.17) is 0 Å². The molecule has 1 heterocycles. The third kappa shape index (κ3) is 3.28. The molecule has 0 aliphatic heterocycles. The first-order chi connectivity index (χ1) is 12.6. The predicted molar refractivity (Wildman–Crippen MR) is 97.7 cm³/mol. The van der Waals surface area contributed by atoms with E-state index in [-0.39, 0.29) is 18.9 Å². The van der Waals surface area contributed by atoms with Crippen molar-refractivity contribution in [2.24, 2.45) is 0 Å². The summed E-state index contributed by atoms with van der Waals surface area (Å²) < 4.78 is 26.4. The van der Waals surface area contributed by atoms with Crippen LogP contribution in [0.2, 0.25) is 0 Å². The topological polar surface area (TPSA) is 44.9 Å². The van der Waals surface area contributed by atoms with Gasteiger partial charge in [-0.15, -0.1) is 0 Å². The highest BCUT2D eigenvalue weighted by atomic mass is 19.1. The molecule has 0 atom stereocenters. The average molecular weight is 350 g/mol. The van der Waals surface area contributed by atoms with Crippen molar-refractivity contribution in [2.75, 3.05) is 0 Å². The van der Waals surface area contributed by atoms with Crippen LogP contribution < -0.4 is 5.32 Å². The maximum Gasteiger partial charge on any atom is 0.224 e. The Morgan fingerprint density at radius 1 is 0.846 bits per heavy atom. The third-order valence-corrected chi connectivity index (χ3v) is 4.35. The second-order valence-electron chi connectivity index (χ2n) is 6.28. The standard InChI is InChI=1S/C21H16F2N2O/c22-15-7-14(8-16(23)11-15)12-24-21(26)10-13-5-6-18-17-3-1-2-4-19(17)25-20(18)9-13/h1-9,11,25H,10,12H2,(H,24,26). The van der Waals surface area contributed by atoms with Gasteiger partial charge in [0.15, 0.2) is 0 Å². The molecule has 2 N–H and O–H groups in total. The molecule has 0 aliphatic carbocycles. The number of para-hydroxylation sites is 1. The van der Waals surface area contributed by atoms with E-state index in [1.165, 1.54) is 12.1 Å². The number of nitrogens with one attached hydrogen (secondary N) is 2. The van der Waals surface area contributed by atoms with Gasteiger partial charge in [-0.1, -0.05) is 30.3 Å². The minimum atomic E-state index is -0.654. The first-order valence-electron chi connectivity index (χ1n) is 8.29. The highest BCUT2D eigenvalue weighted by Gasteiger charge is 2.08. The number of aromatic amines is 1. The molecule has 1 amide bonds. The summed E-state index contributed by atoms with van der Waals surface area (Å²) in [5.74, 6) is -1.51. The maximum absolute atomic E-state index is 13.2. The summed E-state index contributed by atoms with van der Waals surface area (Å²) in [5.41, 5.74) is 3.29. The number of carbonyl (C=O) groups excluding carboxylic acids is 1. The van der Waals surface area contributed by atoms with E-state index in [1.54, 1.807) is 0 Å². The van der Waals surface area contributed by atoms with Crippen LogP contribution in [0.25, 0.3) is 21.8 Å². The Bertz CT molecular complexity index is 1100. The van der Waals surface area contributed by atoms with E-state index in [2.05, 4.69) is 16.4 Å². The summed E-state index contributed by atoms with van der Waals surface area (Å²) >= 11 is 0. The van der Waals surface area contributed by atoms with Crippen LogP contribution in [0.5, 0.6) is 0 Å². The summed E-state index contributed by atoms with van der Waals surface area (Å²) in [6.07, 6.45) is 0.198. The van der Waals surface area contributed by atoms with Gasteiger partial charge in [0.05, 0.1) is 6.42 Å². The fourth-order valence-electron chi connectivity index (χ4n) is 3.17. The van der Waals surface area contributed by atoms with E-state index in [0.717, 1.165) is 33.4 Å². The van der Waals surface area contributed by atoms with Crippen molar-refractivity contribution in [1.29, 1.82) is 0 Å². The van der Waals surface area contributed by atoms with Gasteiger partial charge in [-0.25, -0.2) is 8.78 Å². The van der Waals surface area contributed by atoms with Crippen LogP contribution in [0.4, 0.5) is 8.78 Å². The first-order valence-corrected chi connectivity index (χ1v) is 8.29. The van der Waals surface area contributed by atoms with Crippen molar-refractivity contribution >= 4 is 27.7 Å². The van der Waals surface area contributed by atoms with Gasteiger partial charge in [0.25, 0.3) is 0 Å². The number of halogens is 2. The van der Waals surface area contributed by atoms with E-state index in [1.807, 2.05) is 36.4 Å². The van der Waals surface area contributed by atoms with Gasteiger partial charge in [-0.2, -0.15) is 0 Å². The van der Waals surface area contributed by atoms with Crippen LogP contribution in [0.3, 0.4) is 0 Å². The highest BCUT2D eigenvalue weighted by Crippen LogP contribution is 2.25. The Morgan fingerprint density at radius 3 is 2.38 bits per heavy atom. The number of amides is 1. The molecule has 0 bridgehead atoms. The zero-order valence-corrected chi connectivity index (χ0v) is 13.9. The highest BCUT2D eigenvalue weighted by molar-refractivity contribution is 6.07. The molecule has 1 aromatic heterocycles. The smallest absolute Gasteiger partial charge is 0.224 e. The molecule has 0 aliphatic rings. The van der Waals surface area contributed by atoms with Gasteiger partial charge in [0.1, 0.15) is 11.6 Å². The molecule has 3 nitrogen and oxygen atoms in total. The van der Waals surface area contributed by atoms with Crippen LogP contribution in [0, 0.1) is 11.6 Å². The van der Waals surface area contributed by atoms with E-state index < -0.39 is 11.6 Å². The van der Waals surface area contributed by atoms with Crippen LogP contribution in [-0.4, -0.2) is 10.9 Å². The van der Waals surface area contributed by atoms with Gasteiger partial charge >= 0.3 is 0 Å². The minimum absolute atomic E-state index is 0.0855. The Balaban J connectivity index is 1.47. The summed E-state index contributed by atoms with van der Waals surface area (Å²) in [6.45, 7) is 0.0855. The molecule has 130 valence electrons. The molecule has 0 spiro atoms. The summed E-state index contributed by atoms with van der Waals surface area (Å²) in [6, 6.07) is 17.1. The van der Waals surface area contributed by atoms with Crippen molar-refractivity contribution in [3.63, 3.8) is 0 Å². The minimum Gasteiger partial charge on any atom is -0.355 e. The lowest BCUT2D eigenvalue weighted by molar-refractivity contribution is -0.120. The number of hydrogen-bond donors (Lipinski definition) is 2. The number of carbonyl (C=O) groups is 1. The fraction of sp³-hybridized carbons (Fsp3) is 0.0952. The molecular weight excluding hydrogens is 334 g/mol. The summed E-state index contributed by atoms with van der Waals surface area (Å²) in [5, 5.41) is 4.95. The van der Waals surface area contributed by atoms with Gasteiger partial charge in [-0.3, -0.25) is 4.79 Å². The molecule has 0 saturated carbocycles. The van der Waals surface area contributed by atoms with E-state index >= 15 is 0 Å². The molecule has 0 fully saturated rings. The van der Waals surface area contributed by atoms with Crippen molar-refractivity contribution in [2.45, 2.75) is 13.0 Å². The lowest BCUT2D eigenvalue weighted by Crippen LogP contribution is -2.24. The first kappa shape index (κ1) is 16.3. The molecule has 4 aromatic rings. The second kappa shape index (κ2) is 6.59. The fourth-order valence-corrected chi connectivity index (χ4v) is 3.17. The lowest BCUT2D eigenvalue weighted by Gasteiger charge is -2.06. The molecule has 3 aromatic carbocycles. The zero-order valence-electron chi connectivity index (χ0n) is 13.9. The largest absolute Gasteiger partial charge is 0.355 e. The monoisotopic (exact) mass is 350 g/mol. The second-order valence-corrected chi connectivity index (χ2v) is 6.28. The summed E-state index contributed by atoms with van der Waals surface area (Å²) in [7, 11) is 0. The number of H-pyrrole nitrogens is 1. The van der Waals surface area contributed by atoms with E-state index in [0.29, 0.717) is 5.56 Å². The van der Waals surface area contributed by atoms with Gasteiger partial charge in [0, 0.05) is 34.4 Å². The van der Waals surface area contributed by atoms with Crippen LogP contribution in [0.15, 0.2) is 60.7 Å². The van der Waals surface area contributed by atoms with Crippen LogP contribution >= 0.6 is 0 Å². The van der Waals surface area contributed by atoms with Crippen molar-refractivity contribution in [3.8, 4) is 0 Å². The quantitative estimate of drug-likeness (QED) is 0.561. The van der Waals surface area contributed by atoms with Crippen molar-refractivity contribution < 1.29 is 13.6 Å². The number of fused-ring (bicyclic) bond motifs is 3. The van der Waals surface area contributed by atoms with Gasteiger partial charge in [-0.05, 0) is 35.4 Å². The van der Waals surface area contributed by atoms with E-state index in [9.17, 15) is 13.6 Å². The van der Waals surface area contributed by atoms with Gasteiger partial charge < -0.3 is 10.3 Å². The molecule has 26 heavy (non-hydrogen) atoms. The van der Waals surface area contributed by atoms with Crippen molar-refractivity contribution in [1.82, 2.24) is 10.3 Å². The maximum atomic E-state index is 13.2. The van der Waals surface area contributed by atoms with Gasteiger partial charge in [0.2, 0.25) is 5.91 Å². The Labute approximate surface area is 148 Å². The predicted octanol–water partition coefficient (Wildman–Crippen LogP) is 4.46. The van der Waals surface area contributed by atoms with Crippen LogP contribution in [-0.2, 0) is 17.8 Å². The number of rotatable bonds is 4. The molecule has 0 saturated heterocycles. The molecule has 0 radical (unpaired) electrons. The molecule has 0 unspecified atom stereocenters. The Morgan fingerprint density at radius 2 is 1.58 bits per heavy atom. The number of hydrogen-bond acceptors (Lipinski definition) is 1. The Kier molecular flexibility index (Phi) is 4.13. The number of benzene rings is 3. The zero-order chi connectivity index (χ0) is 18.1. The molecule has 5 heteroatoms. The van der Waals surface area contributed by atoms with Crippen LogP contribution in [0.1, 0.15) is 11.1 Å².